The standard InChI is InChI=1S/C38H57N7O8/c1-6-11-25(30(46)35(50)41-23-16-17-23)42-34(49)29-24-15-10-14-22(24)20-45(29)36(51)31(38(2,3)4)44-33(48)28(21-12-8-7-9-13-21)43-32(47)26-18-40-27(19-39-26)37(52)53-5/h18-19,21-25,28-31,46H,6-17,20H2,1-5H3,(H,41,50)(H,42,49)(H,43,47)(H,44,48)/t22-,24-,25-,28?,29-,30?,31+/m0/s1. The van der Waals surface area contributed by atoms with Crippen LogP contribution >= 0.6 is 0 Å². The molecule has 1 saturated heterocycles. The Balaban J connectivity index is 1.35. The van der Waals surface area contributed by atoms with Crippen molar-refractivity contribution in [2.45, 2.75) is 141 Å². The van der Waals surface area contributed by atoms with Crippen LogP contribution < -0.4 is 21.3 Å². The van der Waals surface area contributed by atoms with Gasteiger partial charge in [-0.05, 0) is 68.1 Å². The van der Waals surface area contributed by atoms with Gasteiger partial charge in [0, 0.05) is 12.6 Å². The lowest BCUT2D eigenvalue weighted by molar-refractivity contribution is -0.146. The van der Waals surface area contributed by atoms with E-state index in [-0.39, 0.29) is 35.2 Å². The van der Waals surface area contributed by atoms with Crippen LogP contribution in [0, 0.1) is 23.2 Å². The number of carbonyl (C=O) groups is 6. The molecule has 53 heavy (non-hydrogen) atoms. The first-order valence-corrected chi connectivity index (χ1v) is 19.3. The molecule has 1 aliphatic heterocycles. The van der Waals surface area contributed by atoms with E-state index in [1.807, 2.05) is 27.7 Å². The van der Waals surface area contributed by atoms with Crippen LogP contribution in [0.5, 0.6) is 0 Å². The summed E-state index contributed by atoms with van der Waals surface area (Å²) in [5.41, 5.74) is -0.918. The zero-order valence-corrected chi connectivity index (χ0v) is 31.7. The van der Waals surface area contributed by atoms with Gasteiger partial charge in [0.25, 0.3) is 11.8 Å². The van der Waals surface area contributed by atoms with Crippen molar-refractivity contribution in [1.82, 2.24) is 36.1 Å². The third kappa shape index (κ3) is 9.70. The van der Waals surface area contributed by atoms with E-state index in [0.29, 0.717) is 32.2 Å². The molecule has 2 unspecified atom stereocenters. The van der Waals surface area contributed by atoms with Gasteiger partial charge in [0.1, 0.15) is 23.8 Å². The largest absolute Gasteiger partial charge is 0.464 e. The summed E-state index contributed by atoms with van der Waals surface area (Å²) in [5, 5.41) is 22.6. The summed E-state index contributed by atoms with van der Waals surface area (Å²) in [7, 11) is 1.21. The summed E-state index contributed by atoms with van der Waals surface area (Å²) in [6.07, 6.45) is 10.4. The summed E-state index contributed by atoms with van der Waals surface area (Å²) < 4.78 is 4.66. The monoisotopic (exact) mass is 739 g/mol. The highest BCUT2D eigenvalue weighted by molar-refractivity contribution is 5.98. The topological polar surface area (TPSA) is 209 Å². The molecular weight excluding hydrogens is 682 g/mol. The number of aliphatic hydroxyl groups excluding tert-OH is 1. The van der Waals surface area contributed by atoms with Crippen molar-refractivity contribution in [3.05, 3.63) is 23.8 Å². The summed E-state index contributed by atoms with van der Waals surface area (Å²) in [5.74, 6) is -3.32. The predicted octanol–water partition coefficient (Wildman–Crippen LogP) is 2.02. The van der Waals surface area contributed by atoms with Crippen molar-refractivity contribution in [2.75, 3.05) is 13.7 Å². The quantitative estimate of drug-likeness (QED) is 0.175. The summed E-state index contributed by atoms with van der Waals surface area (Å²) >= 11 is 0. The summed E-state index contributed by atoms with van der Waals surface area (Å²) in [6.45, 7) is 7.81. The normalized spacial score (nSPS) is 23.9. The second-order valence-corrected chi connectivity index (χ2v) is 16.4. The summed E-state index contributed by atoms with van der Waals surface area (Å²) in [6, 6.07) is -3.59. The number of hydrogen-bond acceptors (Lipinski definition) is 10. The van der Waals surface area contributed by atoms with Crippen LogP contribution in [-0.4, -0.2) is 105 Å². The first-order valence-electron chi connectivity index (χ1n) is 19.3. The van der Waals surface area contributed by atoms with E-state index in [2.05, 4.69) is 36.0 Å². The molecule has 15 nitrogen and oxygen atoms in total. The van der Waals surface area contributed by atoms with Gasteiger partial charge < -0.3 is 36.0 Å². The smallest absolute Gasteiger partial charge is 0.358 e. The van der Waals surface area contributed by atoms with Gasteiger partial charge in [0.05, 0.1) is 25.5 Å². The van der Waals surface area contributed by atoms with Gasteiger partial charge in [-0.3, -0.25) is 24.0 Å². The van der Waals surface area contributed by atoms with Gasteiger partial charge in [-0.2, -0.15) is 0 Å². The van der Waals surface area contributed by atoms with Gasteiger partial charge in [-0.25, -0.2) is 14.8 Å². The fourth-order valence-corrected chi connectivity index (χ4v) is 8.24. The Bertz CT molecular complexity index is 1500. The minimum Gasteiger partial charge on any atom is -0.464 e. The van der Waals surface area contributed by atoms with E-state index < -0.39 is 71.2 Å². The number of rotatable bonds is 14. The predicted molar refractivity (Wildman–Crippen MR) is 193 cm³/mol. The van der Waals surface area contributed by atoms with Crippen molar-refractivity contribution < 1.29 is 38.6 Å². The lowest BCUT2D eigenvalue weighted by Crippen LogP contribution is -2.62. The van der Waals surface area contributed by atoms with Crippen molar-refractivity contribution in [1.29, 1.82) is 0 Å². The van der Waals surface area contributed by atoms with Crippen LogP contribution in [0.4, 0.5) is 0 Å². The molecule has 15 heteroatoms. The number of amides is 5. The highest BCUT2D eigenvalue weighted by Gasteiger charge is 2.52. The maximum absolute atomic E-state index is 14.7. The SMILES string of the molecule is CCC[C@H](NC(=O)[C@@H]1[C@H]2CCC[C@H]2CN1C(=O)[C@@H](NC(=O)C(NC(=O)c1cnc(C(=O)OC)cn1)C1CCCCC1)C(C)(C)C)C(O)C(=O)NC1CC1. The van der Waals surface area contributed by atoms with E-state index >= 15 is 0 Å². The molecule has 1 aromatic heterocycles. The molecule has 5 rings (SSSR count). The van der Waals surface area contributed by atoms with E-state index in [4.69, 9.17) is 0 Å². The minimum atomic E-state index is -1.42. The van der Waals surface area contributed by atoms with Crippen molar-refractivity contribution in [3.63, 3.8) is 0 Å². The Morgan fingerprint density at radius 2 is 1.57 bits per heavy atom. The third-order valence-corrected chi connectivity index (χ3v) is 11.3. The average Bonchev–Trinajstić information content (AvgIpc) is 3.71. The number of carbonyl (C=O) groups excluding carboxylic acids is 6. The fraction of sp³-hybridized carbons (Fsp3) is 0.737. The number of likely N-dealkylation sites (tertiary alicyclic amines) is 1. The van der Waals surface area contributed by atoms with Crippen molar-refractivity contribution in [3.8, 4) is 0 Å². The second kappa shape index (κ2) is 17.3. The molecule has 4 fully saturated rings. The number of esters is 1. The lowest BCUT2D eigenvalue weighted by Gasteiger charge is -2.38. The molecular formula is C38H57N7O8. The van der Waals surface area contributed by atoms with Gasteiger partial charge >= 0.3 is 5.97 Å². The molecule has 0 spiro atoms. The number of ether oxygens (including phenoxy) is 1. The molecule has 1 aromatic rings. The Kier molecular flexibility index (Phi) is 13.1. The number of aromatic nitrogens is 2. The molecule has 3 saturated carbocycles. The van der Waals surface area contributed by atoms with Gasteiger partial charge in [0.15, 0.2) is 11.8 Å². The number of methoxy groups -OCH3 is 1. The molecule has 5 N–H and O–H groups in total. The van der Waals surface area contributed by atoms with E-state index in [1.54, 1.807) is 4.90 Å². The Morgan fingerprint density at radius 1 is 0.887 bits per heavy atom. The zero-order valence-electron chi connectivity index (χ0n) is 31.7. The average molecular weight is 740 g/mol. The molecule has 5 amide bonds. The molecule has 0 radical (unpaired) electrons. The zero-order chi connectivity index (χ0) is 38.4. The van der Waals surface area contributed by atoms with Crippen LogP contribution in [0.25, 0.3) is 0 Å². The maximum atomic E-state index is 14.7. The fourth-order valence-electron chi connectivity index (χ4n) is 8.24. The first-order chi connectivity index (χ1) is 25.2. The van der Waals surface area contributed by atoms with Gasteiger partial charge in [-0.1, -0.05) is 59.8 Å². The number of hydrogen-bond donors (Lipinski definition) is 5. The number of nitrogens with one attached hydrogen (secondary N) is 4. The lowest BCUT2D eigenvalue weighted by atomic mass is 9.82. The first kappa shape index (κ1) is 40.1. The van der Waals surface area contributed by atoms with E-state index in [9.17, 15) is 33.9 Å². The van der Waals surface area contributed by atoms with Gasteiger partial charge in [0.2, 0.25) is 17.7 Å². The molecule has 292 valence electrons. The van der Waals surface area contributed by atoms with Gasteiger partial charge in [-0.15, -0.1) is 0 Å². The second-order valence-electron chi connectivity index (χ2n) is 16.4. The number of fused-ring (bicyclic) bond motifs is 1. The van der Waals surface area contributed by atoms with E-state index in [0.717, 1.165) is 63.8 Å². The van der Waals surface area contributed by atoms with Crippen molar-refractivity contribution in [2.24, 2.45) is 23.2 Å². The number of nitrogens with zero attached hydrogens (tertiary/aromatic N) is 3. The molecule has 2 heterocycles. The Morgan fingerprint density at radius 3 is 2.17 bits per heavy atom. The Hall–Kier alpha value is -4.14. The molecule has 3 aliphatic carbocycles. The molecule has 7 atom stereocenters. The van der Waals surface area contributed by atoms with E-state index in [1.165, 1.54) is 7.11 Å². The Labute approximate surface area is 311 Å². The number of aliphatic hydroxyl groups is 1. The van der Waals surface area contributed by atoms with Crippen molar-refractivity contribution >= 4 is 35.5 Å². The molecule has 0 aromatic carbocycles. The van der Waals surface area contributed by atoms with Crippen LogP contribution in [0.3, 0.4) is 0 Å². The van der Waals surface area contributed by atoms with Crippen LogP contribution in [-0.2, 0) is 23.9 Å². The maximum Gasteiger partial charge on any atom is 0.358 e. The molecule has 0 bridgehead atoms. The summed E-state index contributed by atoms with van der Waals surface area (Å²) in [4.78, 5) is 90.8. The third-order valence-electron chi connectivity index (χ3n) is 11.3. The highest BCUT2D eigenvalue weighted by atomic mass is 16.5. The van der Waals surface area contributed by atoms with Crippen LogP contribution in [0.1, 0.15) is 126 Å². The van der Waals surface area contributed by atoms with Crippen LogP contribution in [0.2, 0.25) is 0 Å². The highest BCUT2D eigenvalue weighted by Crippen LogP contribution is 2.43. The minimum absolute atomic E-state index is 0.0566. The van der Waals surface area contributed by atoms with Crippen LogP contribution in [0.15, 0.2) is 12.4 Å². The molecule has 4 aliphatic rings.